The molecule has 5 heteroatoms. The van der Waals surface area contributed by atoms with Crippen LogP contribution in [0, 0.1) is 11.3 Å². The van der Waals surface area contributed by atoms with Crippen LogP contribution in [0.3, 0.4) is 0 Å². The van der Waals surface area contributed by atoms with Crippen LogP contribution in [0.2, 0.25) is 0 Å². The van der Waals surface area contributed by atoms with Gasteiger partial charge in [0.15, 0.2) is 11.5 Å². The lowest BCUT2D eigenvalue weighted by Crippen LogP contribution is -1.96. The molecule has 1 aromatic heterocycles. The van der Waals surface area contributed by atoms with Crippen LogP contribution in [-0.2, 0) is 0 Å². The molecule has 0 saturated carbocycles. The number of allylic oxidation sites excluding steroid dienone is 1. The van der Waals surface area contributed by atoms with Gasteiger partial charge in [0.2, 0.25) is 0 Å². The van der Waals surface area contributed by atoms with Crippen molar-refractivity contribution in [2.75, 3.05) is 13.7 Å². The molecule has 0 unspecified atom stereocenters. The standard InChI is InChI=1S/C20H17N3O2/c1-3-10-25-18-9-8-14(12-19(18)24-2)11-15(13-21)20-22-16-6-4-5-7-17(16)23-20/h3-9,11-12H,1,10H2,2H3,(H,22,23)/b15-11-. The molecular formula is C20H17N3O2. The highest BCUT2D eigenvalue weighted by Crippen LogP contribution is 2.29. The molecule has 0 aliphatic heterocycles. The number of nitriles is 1. The zero-order chi connectivity index (χ0) is 17.6. The molecule has 5 nitrogen and oxygen atoms in total. The second-order valence-corrected chi connectivity index (χ2v) is 5.28. The normalized spacial score (nSPS) is 11.1. The summed E-state index contributed by atoms with van der Waals surface area (Å²) in [5.74, 6) is 1.76. The molecule has 25 heavy (non-hydrogen) atoms. The van der Waals surface area contributed by atoms with Crippen LogP contribution in [0.4, 0.5) is 0 Å². The summed E-state index contributed by atoms with van der Waals surface area (Å²) < 4.78 is 10.9. The van der Waals surface area contributed by atoms with Crippen LogP contribution in [0.25, 0.3) is 22.7 Å². The largest absolute Gasteiger partial charge is 0.493 e. The van der Waals surface area contributed by atoms with Gasteiger partial charge in [-0.2, -0.15) is 5.26 Å². The number of H-pyrrole nitrogens is 1. The molecule has 1 heterocycles. The fourth-order valence-corrected chi connectivity index (χ4v) is 2.44. The van der Waals surface area contributed by atoms with Crippen LogP contribution in [0.5, 0.6) is 11.5 Å². The zero-order valence-corrected chi connectivity index (χ0v) is 13.8. The van der Waals surface area contributed by atoms with Gasteiger partial charge in [-0.3, -0.25) is 0 Å². The molecule has 124 valence electrons. The predicted molar refractivity (Wildman–Crippen MR) is 98.3 cm³/mol. The van der Waals surface area contributed by atoms with Crippen molar-refractivity contribution in [1.82, 2.24) is 9.97 Å². The minimum absolute atomic E-state index is 0.397. The second-order valence-electron chi connectivity index (χ2n) is 5.28. The molecule has 3 aromatic rings. The smallest absolute Gasteiger partial charge is 0.161 e. The lowest BCUT2D eigenvalue weighted by Gasteiger charge is -2.09. The Morgan fingerprint density at radius 2 is 2.12 bits per heavy atom. The summed E-state index contributed by atoms with van der Waals surface area (Å²) in [4.78, 5) is 7.63. The van der Waals surface area contributed by atoms with Crippen molar-refractivity contribution in [3.8, 4) is 17.6 Å². The first-order chi connectivity index (χ1) is 12.2. The Labute approximate surface area is 145 Å². The molecule has 0 radical (unpaired) electrons. The van der Waals surface area contributed by atoms with Gasteiger partial charge in [-0.25, -0.2) is 4.98 Å². The molecule has 0 aliphatic rings. The highest BCUT2D eigenvalue weighted by molar-refractivity contribution is 5.90. The predicted octanol–water partition coefficient (Wildman–Crippen LogP) is 4.20. The van der Waals surface area contributed by atoms with Crippen LogP contribution >= 0.6 is 0 Å². The first-order valence-electron chi connectivity index (χ1n) is 7.74. The topological polar surface area (TPSA) is 70.9 Å². The molecular weight excluding hydrogens is 314 g/mol. The molecule has 1 N–H and O–H groups in total. The average molecular weight is 331 g/mol. The van der Waals surface area contributed by atoms with Gasteiger partial charge in [0.25, 0.3) is 0 Å². The van der Waals surface area contributed by atoms with E-state index in [9.17, 15) is 5.26 Å². The van der Waals surface area contributed by atoms with Gasteiger partial charge in [-0.1, -0.05) is 30.9 Å². The number of hydrogen-bond donors (Lipinski definition) is 1. The summed E-state index contributed by atoms with van der Waals surface area (Å²) in [6, 6.07) is 15.3. The van der Waals surface area contributed by atoms with Gasteiger partial charge < -0.3 is 14.5 Å². The van der Waals surface area contributed by atoms with Crippen molar-refractivity contribution in [2.45, 2.75) is 0 Å². The third-order valence-corrected chi connectivity index (χ3v) is 3.62. The molecule has 0 amide bonds. The molecule has 0 bridgehead atoms. The number of rotatable bonds is 6. The van der Waals surface area contributed by atoms with E-state index in [-0.39, 0.29) is 0 Å². The number of nitrogens with one attached hydrogen (secondary N) is 1. The number of nitrogens with zero attached hydrogens (tertiary/aromatic N) is 2. The number of aromatic nitrogens is 2. The van der Waals surface area contributed by atoms with Crippen molar-refractivity contribution < 1.29 is 9.47 Å². The van der Waals surface area contributed by atoms with Gasteiger partial charge in [-0.05, 0) is 35.9 Å². The van der Waals surface area contributed by atoms with E-state index < -0.39 is 0 Å². The fraction of sp³-hybridized carbons (Fsp3) is 0.100. The Morgan fingerprint density at radius 3 is 2.84 bits per heavy atom. The maximum absolute atomic E-state index is 9.52. The summed E-state index contributed by atoms with van der Waals surface area (Å²) >= 11 is 0. The molecule has 3 rings (SSSR count). The Hall–Kier alpha value is -3.52. The van der Waals surface area contributed by atoms with Crippen molar-refractivity contribution in [3.05, 3.63) is 66.5 Å². The van der Waals surface area contributed by atoms with E-state index in [1.165, 1.54) is 0 Å². The average Bonchev–Trinajstić information content (AvgIpc) is 3.08. The third kappa shape index (κ3) is 3.54. The fourth-order valence-electron chi connectivity index (χ4n) is 2.44. The van der Waals surface area contributed by atoms with Crippen molar-refractivity contribution in [1.29, 1.82) is 5.26 Å². The van der Waals surface area contributed by atoms with E-state index in [2.05, 4.69) is 22.6 Å². The van der Waals surface area contributed by atoms with E-state index >= 15 is 0 Å². The van der Waals surface area contributed by atoms with Gasteiger partial charge in [-0.15, -0.1) is 0 Å². The van der Waals surface area contributed by atoms with E-state index in [0.717, 1.165) is 16.6 Å². The SMILES string of the molecule is C=CCOc1ccc(/C=C(/C#N)c2nc3ccccc3[nH]2)cc1OC. The van der Waals surface area contributed by atoms with E-state index in [1.54, 1.807) is 19.3 Å². The van der Waals surface area contributed by atoms with E-state index in [1.807, 2.05) is 42.5 Å². The van der Waals surface area contributed by atoms with Gasteiger partial charge in [0.1, 0.15) is 18.5 Å². The molecule has 0 atom stereocenters. The summed E-state index contributed by atoms with van der Waals surface area (Å²) in [6.45, 7) is 4.03. The number of imidazole rings is 1. The lowest BCUT2D eigenvalue weighted by atomic mass is 10.1. The number of ether oxygens (including phenoxy) is 2. The highest BCUT2D eigenvalue weighted by Gasteiger charge is 2.09. The highest BCUT2D eigenvalue weighted by atomic mass is 16.5. The monoisotopic (exact) mass is 331 g/mol. The molecule has 0 spiro atoms. The van der Waals surface area contributed by atoms with E-state index in [4.69, 9.17) is 9.47 Å². The Kier molecular flexibility index (Phi) is 4.82. The number of aromatic amines is 1. The molecule has 0 aliphatic carbocycles. The van der Waals surface area contributed by atoms with E-state index in [0.29, 0.717) is 29.5 Å². The molecule has 2 aromatic carbocycles. The van der Waals surface area contributed by atoms with Crippen LogP contribution in [-0.4, -0.2) is 23.7 Å². The van der Waals surface area contributed by atoms with Crippen molar-refractivity contribution >= 4 is 22.7 Å². The van der Waals surface area contributed by atoms with Crippen LogP contribution in [0.1, 0.15) is 11.4 Å². The minimum Gasteiger partial charge on any atom is -0.493 e. The van der Waals surface area contributed by atoms with Crippen molar-refractivity contribution in [3.63, 3.8) is 0 Å². The molecule has 0 fully saturated rings. The Morgan fingerprint density at radius 1 is 1.28 bits per heavy atom. The number of para-hydroxylation sites is 2. The molecule has 0 saturated heterocycles. The van der Waals surface area contributed by atoms with Crippen LogP contribution < -0.4 is 9.47 Å². The third-order valence-electron chi connectivity index (χ3n) is 3.62. The number of benzene rings is 2. The van der Waals surface area contributed by atoms with Gasteiger partial charge in [0, 0.05) is 0 Å². The number of methoxy groups -OCH3 is 1. The van der Waals surface area contributed by atoms with Gasteiger partial charge >= 0.3 is 0 Å². The second kappa shape index (κ2) is 7.37. The first kappa shape index (κ1) is 16.3. The maximum atomic E-state index is 9.52. The lowest BCUT2D eigenvalue weighted by molar-refractivity contribution is 0.326. The number of fused-ring (bicyclic) bond motifs is 1. The quantitative estimate of drug-likeness (QED) is 0.543. The number of hydrogen-bond acceptors (Lipinski definition) is 4. The van der Waals surface area contributed by atoms with Crippen LogP contribution in [0.15, 0.2) is 55.1 Å². The summed E-state index contributed by atoms with van der Waals surface area (Å²) in [5.41, 5.74) is 2.98. The Bertz CT molecular complexity index is 947. The summed E-state index contributed by atoms with van der Waals surface area (Å²) in [5, 5.41) is 9.52. The Balaban J connectivity index is 1.96. The summed E-state index contributed by atoms with van der Waals surface area (Å²) in [7, 11) is 1.58. The summed E-state index contributed by atoms with van der Waals surface area (Å²) in [6.07, 6.45) is 3.43. The van der Waals surface area contributed by atoms with Gasteiger partial charge in [0.05, 0.1) is 23.7 Å². The first-order valence-corrected chi connectivity index (χ1v) is 7.74. The minimum atomic E-state index is 0.397. The van der Waals surface area contributed by atoms with Crippen molar-refractivity contribution in [2.24, 2.45) is 0 Å². The maximum Gasteiger partial charge on any atom is 0.161 e. The zero-order valence-electron chi connectivity index (χ0n) is 13.8.